The molecule has 0 aliphatic carbocycles. The Kier molecular flexibility index (Phi) is 6.12. The average molecular weight is 304 g/mol. The minimum absolute atomic E-state index is 0.0363. The molecule has 0 radical (unpaired) electrons. The third-order valence-corrected chi connectivity index (χ3v) is 3.49. The summed E-state index contributed by atoms with van der Waals surface area (Å²) in [6.45, 7) is 1.86. The van der Waals surface area contributed by atoms with Crippen molar-refractivity contribution in [3.8, 4) is 0 Å². The molecule has 1 aromatic rings. The van der Waals surface area contributed by atoms with Gasteiger partial charge in [-0.1, -0.05) is 36.2 Å². The molecule has 0 aliphatic rings. The van der Waals surface area contributed by atoms with Gasteiger partial charge >= 0.3 is 5.97 Å². The number of hydrogen-bond donors (Lipinski definition) is 2. The molecule has 0 heterocycles. The van der Waals surface area contributed by atoms with Crippen molar-refractivity contribution in [3.05, 3.63) is 33.8 Å². The molecule has 19 heavy (non-hydrogen) atoms. The highest BCUT2D eigenvalue weighted by Crippen LogP contribution is 2.24. The second-order valence-corrected chi connectivity index (χ2v) is 4.94. The fourth-order valence-electron chi connectivity index (χ4n) is 1.57. The summed E-state index contributed by atoms with van der Waals surface area (Å²) in [4.78, 5) is 22.6. The quantitative estimate of drug-likeness (QED) is 0.849. The van der Waals surface area contributed by atoms with E-state index >= 15 is 0 Å². The Morgan fingerprint density at radius 3 is 2.37 bits per heavy atom. The van der Waals surface area contributed by atoms with E-state index in [0.717, 1.165) is 0 Å². The second-order valence-electron chi connectivity index (χ2n) is 4.12. The van der Waals surface area contributed by atoms with Crippen molar-refractivity contribution in [3.63, 3.8) is 0 Å². The summed E-state index contributed by atoms with van der Waals surface area (Å²) < 4.78 is 0. The summed E-state index contributed by atoms with van der Waals surface area (Å²) in [5, 5.41) is 12.3. The molecule has 1 atom stereocenters. The van der Waals surface area contributed by atoms with Gasteiger partial charge < -0.3 is 10.4 Å². The van der Waals surface area contributed by atoms with Crippen molar-refractivity contribution >= 4 is 35.1 Å². The molecular formula is C13H15Cl2NO3. The number of aliphatic carboxylic acids is 1. The molecule has 1 amide bonds. The van der Waals surface area contributed by atoms with Crippen LogP contribution in [-0.2, 0) is 16.0 Å². The van der Waals surface area contributed by atoms with Crippen LogP contribution in [0.1, 0.15) is 18.9 Å². The van der Waals surface area contributed by atoms with Gasteiger partial charge in [0.15, 0.2) is 0 Å². The van der Waals surface area contributed by atoms with Gasteiger partial charge in [-0.05, 0) is 24.1 Å². The van der Waals surface area contributed by atoms with Crippen LogP contribution in [0.15, 0.2) is 18.2 Å². The van der Waals surface area contributed by atoms with Crippen molar-refractivity contribution in [1.82, 2.24) is 5.32 Å². The van der Waals surface area contributed by atoms with Crippen LogP contribution >= 0.6 is 23.2 Å². The molecular weight excluding hydrogens is 289 g/mol. The van der Waals surface area contributed by atoms with Crippen LogP contribution in [-0.4, -0.2) is 23.5 Å². The Morgan fingerprint density at radius 1 is 1.32 bits per heavy atom. The molecule has 0 aliphatic heterocycles. The van der Waals surface area contributed by atoms with E-state index in [0.29, 0.717) is 22.0 Å². The van der Waals surface area contributed by atoms with Gasteiger partial charge in [-0.2, -0.15) is 0 Å². The number of carbonyl (C=O) groups is 2. The van der Waals surface area contributed by atoms with E-state index in [1.807, 2.05) is 0 Å². The fraction of sp³-hybridized carbons (Fsp3) is 0.385. The van der Waals surface area contributed by atoms with Crippen molar-refractivity contribution < 1.29 is 14.7 Å². The Morgan fingerprint density at radius 2 is 1.89 bits per heavy atom. The summed E-state index contributed by atoms with van der Waals surface area (Å²) in [7, 11) is 0. The number of halogens is 2. The van der Waals surface area contributed by atoms with E-state index in [1.165, 1.54) is 0 Å². The van der Waals surface area contributed by atoms with Crippen LogP contribution in [0, 0.1) is 5.92 Å². The van der Waals surface area contributed by atoms with Crippen LogP contribution in [0.5, 0.6) is 0 Å². The van der Waals surface area contributed by atoms with Crippen molar-refractivity contribution in [2.45, 2.75) is 19.8 Å². The molecule has 2 N–H and O–H groups in total. The number of nitrogens with one attached hydrogen (secondary N) is 1. The van der Waals surface area contributed by atoms with Crippen LogP contribution in [0.4, 0.5) is 0 Å². The minimum atomic E-state index is -0.918. The first-order valence-corrected chi connectivity index (χ1v) is 6.63. The normalized spacial score (nSPS) is 11.9. The van der Waals surface area contributed by atoms with Gasteiger partial charge in [-0.25, -0.2) is 0 Å². The molecule has 0 fully saturated rings. The van der Waals surface area contributed by atoms with Crippen molar-refractivity contribution in [2.75, 3.05) is 6.54 Å². The number of benzene rings is 1. The molecule has 1 aromatic carbocycles. The lowest BCUT2D eigenvalue weighted by Gasteiger charge is -2.12. The number of rotatable bonds is 6. The highest BCUT2D eigenvalue weighted by atomic mass is 35.5. The smallest absolute Gasteiger partial charge is 0.308 e. The lowest BCUT2D eigenvalue weighted by Crippen LogP contribution is -2.33. The largest absolute Gasteiger partial charge is 0.481 e. The molecule has 4 nitrogen and oxygen atoms in total. The van der Waals surface area contributed by atoms with Crippen LogP contribution in [0.3, 0.4) is 0 Å². The van der Waals surface area contributed by atoms with E-state index < -0.39 is 11.9 Å². The van der Waals surface area contributed by atoms with Gasteiger partial charge in [-0.3, -0.25) is 9.59 Å². The lowest BCUT2D eigenvalue weighted by atomic mass is 10.1. The van der Waals surface area contributed by atoms with E-state index in [4.69, 9.17) is 28.3 Å². The summed E-state index contributed by atoms with van der Waals surface area (Å²) in [6.07, 6.45) is 0.497. The van der Waals surface area contributed by atoms with Gasteiger partial charge in [0.1, 0.15) is 0 Å². The SMILES string of the molecule is CCC(CNC(=O)Cc1c(Cl)cccc1Cl)C(=O)O. The zero-order valence-corrected chi connectivity index (χ0v) is 12.0. The van der Waals surface area contributed by atoms with Crippen molar-refractivity contribution in [2.24, 2.45) is 5.92 Å². The highest BCUT2D eigenvalue weighted by Gasteiger charge is 2.17. The molecule has 0 saturated heterocycles. The summed E-state index contributed by atoms with van der Waals surface area (Å²) in [5.41, 5.74) is 0.548. The third kappa shape index (κ3) is 4.73. The molecule has 1 unspecified atom stereocenters. The average Bonchev–Trinajstić information content (AvgIpc) is 2.34. The van der Waals surface area contributed by atoms with E-state index in [-0.39, 0.29) is 18.9 Å². The van der Waals surface area contributed by atoms with Crippen LogP contribution < -0.4 is 5.32 Å². The lowest BCUT2D eigenvalue weighted by molar-refractivity contribution is -0.141. The maximum absolute atomic E-state index is 11.7. The zero-order valence-electron chi connectivity index (χ0n) is 10.5. The Labute approximate surface area is 121 Å². The maximum atomic E-state index is 11.7. The maximum Gasteiger partial charge on any atom is 0.308 e. The number of amides is 1. The molecule has 104 valence electrons. The minimum Gasteiger partial charge on any atom is -0.481 e. The van der Waals surface area contributed by atoms with Gasteiger partial charge in [-0.15, -0.1) is 0 Å². The summed E-state index contributed by atoms with van der Waals surface area (Å²) >= 11 is 11.9. The first kappa shape index (κ1) is 15.8. The number of carbonyl (C=O) groups excluding carboxylic acids is 1. The Bertz CT molecular complexity index is 457. The molecule has 0 aromatic heterocycles. The second kappa shape index (κ2) is 7.36. The Hall–Kier alpha value is -1.26. The van der Waals surface area contributed by atoms with Gasteiger partial charge in [0.25, 0.3) is 0 Å². The zero-order chi connectivity index (χ0) is 14.4. The van der Waals surface area contributed by atoms with E-state index in [9.17, 15) is 9.59 Å². The van der Waals surface area contributed by atoms with Gasteiger partial charge in [0.05, 0.1) is 12.3 Å². The number of hydrogen-bond acceptors (Lipinski definition) is 2. The highest BCUT2D eigenvalue weighted by molar-refractivity contribution is 6.36. The standard InChI is InChI=1S/C13H15Cl2NO3/c1-2-8(13(18)19)7-16-12(17)6-9-10(14)4-3-5-11(9)15/h3-5,8H,2,6-7H2,1H3,(H,16,17)(H,18,19). The van der Waals surface area contributed by atoms with E-state index in [2.05, 4.69) is 5.32 Å². The first-order valence-electron chi connectivity index (χ1n) is 5.88. The van der Waals surface area contributed by atoms with Crippen molar-refractivity contribution in [1.29, 1.82) is 0 Å². The molecule has 6 heteroatoms. The Balaban J connectivity index is 2.59. The van der Waals surface area contributed by atoms with Gasteiger partial charge in [0.2, 0.25) is 5.91 Å². The fourth-order valence-corrected chi connectivity index (χ4v) is 2.10. The molecule has 1 rings (SSSR count). The monoisotopic (exact) mass is 303 g/mol. The third-order valence-electron chi connectivity index (χ3n) is 2.79. The van der Waals surface area contributed by atoms with Gasteiger partial charge in [0, 0.05) is 16.6 Å². The molecule has 0 saturated carbocycles. The predicted octanol–water partition coefficient (Wildman–Crippen LogP) is 2.76. The molecule has 0 spiro atoms. The predicted molar refractivity (Wildman–Crippen MR) is 74.6 cm³/mol. The topological polar surface area (TPSA) is 66.4 Å². The first-order chi connectivity index (χ1) is 8.95. The molecule has 0 bridgehead atoms. The number of carboxylic acid groups (broad SMARTS) is 1. The number of carboxylic acids is 1. The van der Waals surface area contributed by atoms with Crippen LogP contribution in [0.25, 0.3) is 0 Å². The van der Waals surface area contributed by atoms with E-state index in [1.54, 1.807) is 25.1 Å². The summed E-state index contributed by atoms with van der Waals surface area (Å²) in [5.74, 6) is -1.79. The summed E-state index contributed by atoms with van der Waals surface area (Å²) in [6, 6.07) is 5.01. The van der Waals surface area contributed by atoms with Crippen LogP contribution in [0.2, 0.25) is 10.0 Å².